The molecule has 27 heavy (non-hydrogen) atoms. The number of hydrogen-bond donors (Lipinski definition) is 1. The average molecular weight is 375 g/mol. The fourth-order valence-corrected chi connectivity index (χ4v) is 3.91. The molecule has 1 saturated carbocycles. The van der Waals surface area contributed by atoms with Crippen molar-refractivity contribution in [3.63, 3.8) is 0 Å². The molecule has 146 valence electrons. The molecule has 0 radical (unpaired) electrons. The van der Waals surface area contributed by atoms with Crippen LogP contribution < -0.4 is 5.32 Å². The second-order valence-electron chi connectivity index (χ2n) is 7.40. The fraction of sp³-hybridized carbons (Fsp3) is 0.611. The summed E-state index contributed by atoms with van der Waals surface area (Å²) in [6.07, 6.45) is 3.58. The second-order valence-corrected chi connectivity index (χ2v) is 7.40. The minimum Gasteiger partial charge on any atom is -0.321 e. The molecule has 1 aliphatic heterocycles. The van der Waals surface area contributed by atoms with Gasteiger partial charge in [-0.3, -0.25) is 24.0 Å². The molecule has 1 aromatic heterocycles. The van der Waals surface area contributed by atoms with Gasteiger partial charge in [-0.25, -0.2) is 9.69 Å². The van der Waals surface area contributed by atoms with Gasteiger partial charge in [-0.05, 0) is 32.6 Å². The van der Waals surface area contributed by atoms with Gasteiger partial charge in [-0.15, -0.1) is 0 Å². The van der Waals surface area contributed by atoms with E-state index in [-0.39, 0.29) is 12.0 Å². The number of nitrogens with one attached hydrogen (secondary N) is 1. The van der Waals surface area contributed by atoms with Gasteiger partial charge in [0.1, 0.15) is 6.54 Å². The van der Waals surface area contributed by atoms with E-state index in [1.165, 1.54) is 0 Å². The summed E-state index contributed by atoms with van der Waals surface area (Å²) in [5.74, 6) is -2.16. The Labute approximate surface area is 157 Å². The Morgan fingerprint density at radius 1 is 1.15 bits per heavy atom. The monoisotopic (exact) mass is 375 g/mol. The number of amides is 5. The maximum absolute atomic E-state index is 12.7. The van der Waals surface area contributed by atoms with Gasteiger partial charge in [-0.1, -0.05) is 19.8 Å². The SMILES string of the molecule is Cc1nn(C)c(C)c1NC(=O)CN1C(=O)C(=O)N([C@@H]2CCCC[C@@H]2C)C1=O. The molecule has 5 amide bonds. The summed E-state index contributed by atoms with van der Waals surface area (Å²) in [5, 5.41) is 6.90. The van der Waals surface area contributed by atoms with E-state index < -0.39 is 30.3 Å². The molecule has 2 atom stereocenters. The van der Waals surface area contributed by atoms with Gasteiger partial charge in [0, 0.05) is 13.1 Å². The fourth-order valence-electron chi connectivity index (χ4n) is 3.91. The van der Waals surface area contributed by atoms with Gasteiger partial charge in [0.05, 0.1) is 17.1 Å². The number of hydrogen-bond acceptors (Lipinski definition) is 5. The van der Waals surface area contributed by atoms with Crippen molar-refractivity contribution < 1.29 is 19.2 Å². The zero-order chi connectivity index (χ0) is 19.9. The van der Waals surface area contributed by atoms with Crippen LogP contribution >= 0.6 is 0 Å². The summed E-state index contributed by atoms with van der Waals surface area (Å²) in [4.78, 5) is 51.6. The van der Waals surface area contributed by atoms with Crippen molar-refractivity contribution in [3.05, 3.63) is 11.4 Å². The first-order chi connectivity index (χ1) is 12.7. The summed E-state index contributed by atoms with van der Waals surface area (Å²) >= 11 is 0. The molecule has 9 nitrogen and oxygen atoms in total. The lowest BCUT2D eigenvalue weighted by Crippen LogP contribution is -2.46. The first-order valence-electron chi connectivity index (χ1n) is 9.21. The van der Waals surface area contributed by atoms with Crippen LogP contribution in [0.1, 0.15) is 44.0 Å². The third-order valence-electron chi connectivity index (χ3n) is 5.56. The Bertz CT molecular complexity index is 815. The number of aryl methyl sites for hydroxylation is 2. The molecule has 0 spiro atoms. The van der Waals surface area contributed by atoms with Crippen LogP contribution in [-0.4, -0.2) is 55.9 Å². The molecule has 1 aliphatic carbocycles. The highest BCUT2D eigenvalue weighted by Crippen LogP contribution is 2.31. The number of carbonyl (C=O) groups excluding carboxylic acids is 4. The van der Waals surface area contributed by atoms with Crippen molar-refractivity contribution in [2.24, 2.45) is 13.0 Å². The number of nitrogens with zero attached hydrogens (tertiary/aromatic N) is 4. The van der Waals surface area contributed by atoms with Crippen molar-refractivity contribution in [2.45, 2.75) is 52.5 Å². The van der Waals surface area contributed by atoms with Crippen LogP contribution in [-0.2, 0) is 21.4 Å². The van der Waals surface area contributed by atoms with E-state index in [1.54, 1.807) is 25.6 Å². The quantitative estimate of drug-likeness (QED) is 0.632. The molecule has 1 saturated heterocycles. The van der Waals surface area contributed by atoms with E-state index in [4.69, 9.17) is 0 Å². The minimum atomic E-state index is -0.937. The van der Waals surface area contributed by atoms with Gasteiger partial charge < -0.3 is 5.32 Å². The summed E-state index contributed by atoms with van der Waals surface area (Å²) in [5.41, 5.74) is 1.94. The van der Waals surface area contributed by atoms with Gasteiger partial charge in [-0.2, -0.15) is 5.10 Å². The molecule has 2 fully saturated rings. The van der Waals surface area contributed by atoms with Crippen molar-refractivity contribution in [1.29, 1.82) is 0 Å². The molecule has 1 N–H and O–H groups in total. The Kier molecular flexibility index (Phi) is 5.03. The highest BCUT2D eigenvalue weighted by molar-refractivity contribution is 6.45. The first-order valence-corrected chi connectivity index (χ1v) is 9.21. The number of imide groups is 2. The van der Waals surface area contributed by atoms with E-state index >= 15 is 0 Å². The van der Waals surface area contributed by atoms with Crippen molar-refractivity contribution in [2.75, 3.05) is 11.9 Å². The molecule has 2 aliphatic rings. The molecule has 0 bridgehead atoms. The normalized spacial score (nSPS) is 23.3. The van der Waals surface area contributed by atoms with E-state index in [1.807, 2.05) is 6.92 Å². The predicted molar refractivity (Wildman–Crippen MR) is 96.7 cm³/mol. The predicted octanol–water partition coefficient (Wildman–Crippen LogP) is 1.34. The lowest BCUT2D eigenvalue weighted by atomic mass is 9.85. The maximum atomic E-state index is 12.7. The van der Waals surface area contributed by atoms with Gasteiger partial charge in [0.15, 0.2) is 0 Å². The number of carbonyl (C=O) groups is 4. The van der Waals surface area contributed by atoms with Crippen molar-refractivity contribution >= 4 is 29.4 Å². The molecular formula is C18H25N5O4. The molecule has 0 unspecified atom stereocenters. The highest BCUT2D eigenvalue weighted by atomic mass is 16.2. The minimum absolute atomic E-state index is 0.147. The highest BCUT2D eigenvalue weighted by Gasteiger charge is 2.49. The van der Waals surface area contributed by atoms with Crippen LogP contribution in [0.25, 0.3) is 0 Å². The van der Waals surface area contributed by atoms with E-state index in [2.05, 4.69) is 10.4 Å². The third-order valence-corrected chi connectivity index (χ3v) is 5.56. The Morgan fingerprint density at radius 2 is 1.81 bits per heavy atom. The molecule has 1 aromatic rings. The van der Waals surface area contributed by atoms with Crippen LogP contribution in [0.3, 0.4) is 0 Å². The van der Waals surface area contributed by atoms with Crippen molar-refractivity contribution in [3.8, 4) is 0 Å². The average Bonchev–Trinajstić information content (AvgIpc) is 2.97. The number of anilines is 1. The summed E-state index contributed by atoms with van der Waals surface area (Å²) in [7, 11) is 1.76. The molecule has 0 aromatic carbocycles. The van der Waals surface area contributed by atoms with Gasteiger partial charge >= 0.3 is 17.8 Å². The first kappa shape index (κ1) is 19.1. The Balaban J connectivity index is 1.73. The van der Waals surface area contributed by atoms with Gasteiger partial charge in [0.25, 0.3) is 0 Å². The lowest BCUT2D eigenvalue weighted by Gasteiger charge is -2.34. The zero-order valence-corrected chi connectivity index (χ0v) is 16.1. The lowest BCUT2D eigenvalue weighted by molar-refractivity contribution is -0.145. The number of rotatable bonds is 4. The summed E-state index contributed by atoms with van der Waals surface area (Å²) < 4.78 is 1.63. The smallest absolute Gasteiger partial charge is 0.321 e. The van der Waals surface area contributed by atoms with E-state index in [0.29, 0.717) is 17.8 Å². The number of aromatic nitrogens is 2. The second kappa shape index (κ2) is 7.13. The van der Waals surface area contributed by atoms with E-state index in [9.17, 15) is 19.2 Å². The van der Waals surface area contributed by atoms with Crippen LogP contribution in [0.5, 0.6) is 0 Å². The largest absolute Gasteiger partial charge is 0.334 e. The van der Waals surface area contributed by atoms with E-state index in [0.717, 1.165) is 34.8 Å². The number of urea groups is 1. The van der Waals surface area contributed by atoms with Gasteiger partial charge in [0.2, 0.25) is 5.91 Å². The van der Waals surface area contributed by atoms with Crippen molar-refractivity contribution in [1.82, 2.24) is 19.6 Å². The summed E-state index contributed by atoms with van der Waals surface area (Å²) in [6.45, 7) is 5.05. The summed E-state index contributed by atoms with van der Waals surface area (Å²) in [6, 6.07) is -0.975. The zero-order valence-electron chi connectivity index (χ0n) is 16.1. The molecule has 2 heterocycles. The van der Waals surface area contributed by atoms with Crippen LogP contribution in [0, 0.1) is 19.8 Å². The standard InChI is InChI=1S/C18H25N5O4/c1-10-7-5-6-8-13(10)23-17(26)16(25)22(18(23)27)9-14(24)19-15-11(2)20-21(4)12(15)3/h10,13H,5-9H2,1-4H3,(H,19,24)/t10-,13+/m0/s1. The molecular weight excluding hydrogens is 350 g/mol. The Morgan fingerprint density at radius 3 is 2.41 bits per heavy atom. The van der Waals surface area contributed by atoms with Crippen LogP contribution in [0.15, 0.2) is 0 Å². The Hall–Kier alpha value is -2.71. The van der Waals surface area contributed by atoms with Crippen LogP contribution in [0.2, 0.25) is 0 Å². The maximum Gasteiger partial charge on any atom is 0.334 e. The topological polar surface area (TPSA) is 105 Å². The molecule has 3 rings (SSSR count). The van der Waals surface area contributed by atoms with Crippen LogP contribution in [0.4, 0.5) is 10.5 Å². The molecule has 9 heteroatoms. The third kappa shape index (κ3) is 3.33.